The van der Waals surface area contributed by atoms with Crippen molar-refractivity contribution in [3.8, 4) is 11.3 Å². The molecule has 2 nitrogen and oxygen atoms in total. The fourth-order valence-electron chi connectivity index (χ4n) is 1.97. The van der Waals surface area contributed by atoms with Crippen molar-refractivity contribution in [1.29, 1.82) is 0 Å². The van der Waals surface area contributed by atoms with Gasteiger partial charge in [0.15, 0.2) is 0 Å². The first-order valence-corrected chi connectivity index (χ1v) is 5.92. The second-order valence-corrected chi connectivity index (χ2v) is 5.44. The number of halogens is 3. The molecular formula is C14H15F3N2. The van der Waals surface area contributed by atoms with Gasteiger partial charge in [0, 0.05) is 11.0 Å². The predicted octanol–water partition coefficient (Wildman–Crippen LogP) is 4.39. The van der Waals surface area contributed by atoms with E-state index in [1.165, 1.54) is 0 Å². The van der Waals surface area contributed by atoms with Gasteiger partial charge in [0.1, 0.15) is 11.3 Å². The van der Waals surface area contributed by atoms with Gasteiger partial charge >= 0.3 is 6.18 Å². The molecule has 0 unspecified atom stereocenters. The van der Waals surface area contributed by atoms with Gasteiger partial charge in [0.05, 0.1) is 5.69 Å². The average Bonchev–Trinajstić information content (AvgIpc) is 2.74. The molecule has 0 radical (unpaired) electrons. The molecule has 2 rings (SSSR count). The quantitative estimate of drug-likeness (QED) is 0.816. The van der Waals surface area contributed by atoms with Crippen LogP contribution in [0.2, 0.25) is 0 Å². The molecule has 0 fully saturated rings. The summed E-state index contributed by atoms with van der Waals surface area (Å²) in [6.45, 7) is 5.18. The minimum atomic E-state index is -4.43. The molecule has 0 aliphatic carbocycles. The van der Waals surface area contributed by atoms with E-state index in [0.717, 1.165) is 0 Å². The van der Waals surface area contributed by atoms with E-state index in [1.807, 2.05) is 0 Å². The monoisotopic (exact) mass is 268 g/mol. The van der Waals surface area contributed by atoms with Crippen molar-refractivity contribution in [2.75, 3.05) is 0 Å². The average molecular weight is 268 g/mol. The second kappa shape index (κ2) is 4.40. The molecule has 102 valence electrons. The van der Waals surface area contributed by atoms with E-state index in [9.17, 15) is 13.2 Å². The lowest BCUT2D eigenvalue weighted by atomic mass is 9.88. The molecule has 1 aromatic carbocycles. The molecule has 2 aromatic rings. The molecule has 5 heteroatoms. The van der Waals surface area contributed by atoms with Crippen molar-refractivity contribution in [3.05, 3.63) is 41.6 Å². The lowest BCUT2D eigenvalue weighted by molar-refractivity contribution is -0.138. The molecule has 0 atom stereocenters. The molecule has 0 saturated carbocycles. The second-order valence-electron chi connectivity index (χ2n) is 5.44. The number of hydrogen-bond donors (Lipinski definition) is 1. The van der Waals surface area contributed by atoms with E-state index < -0.39 is 17.2 Å². The Morgan fingerprint density at radius 2 is 1.58 bits per heavy atom. The van der Waals surface area contributed by atoms with Crippen LogP contribution < -0.4 is 0 Å². The first-order valence-electron chi connectivity index (χ1n) is 5.92. The number of nitrogens with one attached hydrogen (secondary N) is 1. The highest BCUT2D eigenvalue weighted by molar-refractivity contribution is 5.65. The van der Waals surface area contributed by atoms with Crippen LogP contribution in [0.4, 0.5) is 13.2 Å². The van der Waals surface area contributed by atoms with Crippen molar-refractivity contribution in [2.24, 2.45) is 0 Å². The predicted molar refractivity (Wildman–Crippen MR) is 67.7 cm³/mol. The highest BCUT2D eigenvalue weighted by Gasteiger charge is 2.41. The van der Waals surface area contributed by atoms with E-state index in [0.29, 0.717) is 5.56 Å². The van der Waals surface area contributed by atoms with Crippen LogP contribution in [0.25, 0.3) is 11.3 Å². The largest absolute Gasteiger partial charge is 0.420 e. The van der Waals surface area contributed by atoms with Crippen molar-refractivity contribution < 1.29 is 13.2 Å². The number of hydrogen-bond acceptors (Lipinski definition) is 1. The highest BCUT2D eigenvalue weighted by Crippen LogP contribution is 2.41. The summed E-state index contributed by atoms with van der Waals surface area (Å²) in [4.78, 5) is 0. The van der Waals surface area contributed by atoms with E-state index in [1.54, 1.807) is 51.1 Å². The van der Waals surface area contributed by atoms with Crippen LogP contribution in [0.3, 0.4) is 0 Å². The number of aromatic amines is 1. The Balaban J connectivity index is 2.68. The van der Waals surface area contributed by atoms with Crippen LogP contribution in [0.15, 0.2) is 30.3 Å². The number of rotatable bonds is 1. The molecular weight excluding hydrogens is 253 g/mol. The third-order valence-corrected chi connectivity index (χ3v) is 2.85. The van der Waals surface area contributed by atoms with Gasteiger partial charge in [0.25, 0.3) is 0 Å². The van der Waals surface area contributed by atoms with Crippen molar-refractivity contribution >= 4 is 0 Å². The molecule has 1 aromatic heterocycles. The Hall–Kier alpha value is -1.78. The van der Waals surface area contributed by atoms with Gasteiger partial charge in [-0.3, -0.25) is 5.10 Å². The molecule has 0 spiro atoms. The Morgan fingerprint density at radius 1 is 1.00 bits per heavy atom. The van der Waals surface area contributed by atoms with Crippen molar-refractivity contribution in [3.63, 3.8) is 0 Å². The molecule has 0 aliphatic rings. The first-order chi connectivity index (χ1) is 8.71. The Morgan fingerprint density at radius 3 is 2.05 bits per heavy atom. The maximum Gasteiger partial charge on any atom is 0.420 e. The highest BCUT2D eigenvalue weighted by atomic mass is 19.4. The summed E-state index contributed by atoms with van der Waals surface area (Å²) in [6.07, 6.45) is -4.43. The summed E-state index contributed by atoms with van der Waals surface area (Å²) >= 11 is 0. The SMILES string of the molecule is CC(C)(C)c1[nH]nc(-c2ccccc2)c1C(F)(F)F. The normalized spacial score (nSPS) is 12.7. The van der Waals surface area contributed by atoms with Crippen LogP contribution in [0, 0.1) is 0 Å². The third-order valence-electron chi connectivity index (χ3n) is 2.85. The van der Waals surface area contributed by atoms with E-state index >= 15 is 0 Å². The molecule has 0 bridgehead atoms. The number of alkyl halides is 3. The Kier molecular flexibility index (Phi) is 3.16. The molecule has 1 N–H and O–H groups in total. The smallest absolute Gasteiger partial charge is 0.281 e. The van der Waals surface area contributed by atoms with Crippen LogP contribution in [0.5, 0.6) is 0 Å². The standard InChI is InChI=1S/C14H15F3N2/c1-13(2,3)12-10(14(15,16)17)11(18-19-12)9-7-5-4-6-8-9/h4-8H,1-3H3,(H,18,19). The minimum Gasteiger partial charge on any atom is -0.281 e. The van der Waals surface area contributed by atoms with Crippen molar-refractivity contribution in [1.82, 2.24) is 10.2 Å². The molecule has 0 aliphatic heterocycles. The molecule has 0 amide bonds. The maximum atomic E-state index is 13.3. The number of H-pyrrole nitrogens is 1. The number of aromatic nitrogens is 2. The van der Waals surface area contributed by atoms with Gasteiger partial charge in [-0.05, 0) is 0 Å². The van der Waals surface area contributed by atoms with E-state index in [2.05, 4.69) is 10.2 Å². The summed E-state index contributed by atoms with van der Waals surface area (Å²) < 4.78 is 39.9. The van der Waals surface area contributed by atoms with Gasteiger partial charge in [0.2, 0.25) is 0 Å². The molecule has 19 heavy (non-hydrogen) atoms. The number of benzene rings is 1. The summed E-state index contributed by atoms with van der Waals surface area (Å²) in [7, 11) is 0. The Bertz CT molecular complexity index is 563. The van der Waals surface area contributed by atoms with Gasteiger partial charge in [-0.1, -0.05) is 51.1 Å². The van der Waals surface area contributed by atoms with Gasteiger partial charge in [-0.15, -0.1) is 0 Å². The topological polar surface area (TPSA) is 28.7 Å². The van der Waals surface area contributed by atoms with Gasteiger partial charge < -0.3 is 0 Å². The van der Waals surface area contributed by atoms with E-state index in [-0.39, 0.29) is 11.4 Å². The van der Waals surface area contributed by atoms with Crippen LogP contribution in [0.1, 0.15) is 32.0 Å². The third kappa shape index (κ3) is 2.64. The fraction of sp³-hybridized carbons (Fsp3) is 0.357. The summed E-state index contributed by atoms with van der Waals surface area (Å²) in [5, 5.41) is 6.42. The maximum absolute atomic E-state index is 13.3. The summed E-state index contributed by atoms with van der Waals surface area (Å²) in [6, 6.07) is 8.39. The van der Waals surface area contributed by atoms with E-state index in [4.69, 9.17) is 0 Å². The van der Waals surface area contributed by atoms with Crippen LogP contribution >= 0.6 is 0 Å². The number of nitrogens with zero attached hydrogens (tertiary/aromatic N) is 1. The summed E-state index contributed by atoms with van der Waals surface area (Å²) in [5.41, 5.74) is -0.796. The molecule has 0 saturated heterocycles. The minimum absolute atomic E-state index is 0.0435. The lowest BCUT2D eigenvalue weighted by Gasteiger charge is -2.20. The summed E-state index contributed by atoms with van der Waals surface area (Å²) in [5.74, 6) is 0. The first kappa shape index (κ1) is 13.6. The van der Waals surface area contributed by atoms with Crippen molar-refractivity contribution in [2.45, 2.75) is 32.4 Å². The van der Waals surface area contributed by atoms with Crippen LogP contribution in [-0.4, -0.2) is 10.2 Å². The van der Waals surface area contributed by atoms with Crippen LogP contribution in [-0.2, 0) is 11.6 Å². The van der Waals surface area contributed by atoms with Gasteiger partial charge in [-0.2, -0.15) is 18.3 Å². The fourth-order valence-corrected chi connectivity index (χ4v) is 1.97. The zero-order chi connectivity index (χ0) is 14.3. The zero-order valence-electron chi connectivity index (χ0n) is 11.0. The lowest BCUT2D eigenvalue weighted by Crippen LogP contribution is -2.19. The Labute approximate surface area is 109 Å². The zero-order valence-corrected chi connectivity index (χ0v) is 11.0. The van der Waals surface area contributed by atoms with Gasteiger partial charge in [-0.25, -0.2) is 0 Å². The molecule has 1 heterocycles.